The summed E-state index contributed by atoms with van der Waals surface area (Å²) in [5, 5.41) is 3.83. The first-order chi connectivity index (χ1) is 26.9. The Kier molecular flexibility index (Phi) is 9.82. The molecule has 2 unspecified atom stereocenters. The Bertz CT molecular complexity index is 2440. The molecule has 0 spiro atoms. The Morgan fingerprint density at radius 3 is 1.22 bits per heavy atom. The zero-order valence-corrected chi connectivity index (χ0v) is 30.3. The van der Waals surface area contributed by atoms with Gasteiger partial charge < -0.3 is 14.2 Å². The number of carbonyl (C=O) groups is 2. The third-order valence-corrected chi connectivity index (χ3v) is 9.36. The second-order valence-corrected chi connectivity index (χ2v) is 13.3. The minimum atomic E-state index is -0.771. The molecule has 55 heavy (non-hydrogen) atoms. The van der Waals surface area contributed by atoms with Gasteiger partial charge in [-0.25, -0.2) is 9.59 Å². The maximum atomic E-state index is 13.4. The fourth-order valence-electron chi connectivity index (χ4n) is 6.75. The van der Waals surface area contributed by atoms with Gasteiger partial charge in [-0.2, -0.15) is 0 Å². The summed E-state index contributed by atoms with van der Waals surface area (Å²) in [5.41, 5.74) is 5.35. The van der Waals surface area contributed by atoms with Crippen molar-refractivity contribution in [3.63, 3.8) is 0 Å². The molecule has 0 fully saturated rings. The van der Waals surface area contributed by atoms with E-state index in [4.69, 9.17) is 24.2 Å². The van der Waals surface area contributed by atoms with Crippen LogP contribution in [0, 0.1) is 13.8 Å². The molecule has 0 aliphatic rings. The highest BCUT2D eigenvalue weighted by Gasteiger charge is 2.26. The third-order valence-electron chi connectivity index (χ3n) is 9.36. The molecule has 8 rings (SSSR count). The summed E-state index contributed by atoms with van der Waals surface area (Å²) in [6, 6.07) is 52.8. The molecule has 0 amide bonds. The van der Waals surface area contributed by atoms with Crippen molar-refractivity contribution in [2.24, 2.45) is 0 Å². The predicted octanol–water partition coefficient (Wildman–Crippen LogP) is 11.1. The minimum Gasteiger partial charge on any atom is -0.457 e. The monoisotopic (exact) mass is 720 g/mol. The van der Waals surface area contributed by atoms with Crippen LogP contribution in [0.1, 0.15) is 66.8 Å². The summed E-state index contributed by atoms with van der Waals surface area (Å²) in [6.07, 6.45) is -1.54. The van der Waals surface area contributed by atoms with Crippen LogP contribution in [-0.2, 0) is 9.47 Å². The molecule has 0 N–H and O–H groups in total. The van der Waals surface area contributed by atoms with E-state index in [-0.39, 0.29) is 0 Å². The van der Waals surface area contributed by atoms with E-state index in [1.807, 2.05) is 159 Å². The molecule has 268 valence electrons. The van der Waals surface area contributed by atoms with Crippen LogP contribution >= 0.6 is 0 Å². The van der Waals surface area contributed by atoms with Gasteiger partial charge in [0.15, 0.2) is 12.2 Å². The molecule has 0 aliphatic carbocycles. The highest BCUT2D eigenvalue weighted by atomic mass is 16.5. The number of aromatic nitrogens is 2. The van der Waals surface area contributed by atoms with Crippen LogP contribution in [0.3, 0.4) is 0 Å². The summed E-state index contributed by atoms with van der Waals surface area (Å²) in [6.45, 7) is 3.87. The number of benzene rings is 6. The number of rotatable bonds is 10. The number of hydrogen-bond acceptors (Lipinski definition) is 7. The lowest BCUT2D eigenvalue weighted by Gasteiger charge is -2.21. The predicted molar refractivity (Wildman–Crippen MR) is 213 cm³/mol. The first-order valence-electron chi connectivity index (χ1n) is 18.0. The maximum absolute atomic E-state index is 13.4. The fraction of sp³-hybridized carbons (Fsp3) is 0.0833. The lowest BCUT2D eigenvalue weighted by molar-refractivity contribution is 0.0364. The molecule has 2 atom stereocenters. The van der Waals surface area contributed by atoms with E-state index >= 15 is 0 Å². The Balaban J connectivity index is 1.08. The number of aryl methyl sites for hydroxylation is 2. The van der Waals surface area contributed by atoms with Gasteiger partial charge in [-0.3, -0.25) is 9.97 Å². The van der Waals surface area contributed by atoms with E-state index < -0.39 is 24.1 Å². The number of hydrogen-bond donors (Lipinski definition) is 0. The van der Waals surface area contributed by atoms with Gasteiger partial charge in [0.1, 0.15) is 11.5 Å². The topological polar surface area (TPSA) is 87.6 Å². The van der Waals surface area contributed by atoms with Crippen molar-refractivity contribution in [3.05, 3.63) is 215 Å². The highest BCUT2D eigenvalue weighted by Crippen LogP contribution is 2.36. The van der Waals surface area contributed by atoms with Crippen molar-refractivity contribution in [2.45, 2.75) is 26.1 Å². The Labute approximate surface area is 318 Å². The normalized spacial score (nSPS) is 12.2. The number of ether oxygens (including phenoxy) is 3. The number of nitrogens with zero attached hydrogens (tertiary/aromatic N) is 2. The quantitative estimate of drug-likeness (QED) is 0.130. The number of fused-ring (bicyclic) bond motifs is 2. The maximum Gasteiger partial charge on any atom is 0.339 e. The molecule has 7 heteroatoms. The van der Waals surface area contributed by atoms with Crippen molar-refractivity contribution < 1.29 is 23.8 Å². The molecule has 0 aliphatic heterocycles. The van der Waals surface area contributed by atoms with Gasteiger partial charge in [0.25, 0.3) is 0 Å². The van der Waals surface area contributed by atoms with Gasteiger partial charge in [-0.15, -0.1) is 0 Å². The van der Waals surface area contributed by atoms with Gasteiger partial charge in [0.05, 0.1) is 22.5 Å². The van der Waals surface area contributed by atoms with E-state index in [1.165, 1.54) is 0 Å². The van der Waals surface area contributed by atoms with Crippen LogP contribution in [0.25, 0.3) is 21.5 Å². The van der Waals surface area contributed by atoms with Crippen molar-refractivity contribution in [1.29, 1.82) is 0 Å². The molecule has 0 bridgehead atoms. The van der Waals surface area contributed by atoms with E-state index in [2.05, 4.69) is 0 Å². The summed E-state index contributed by atoms with van der Waals surface area (Å²) in [4.78, 5) is 36.5. The van der Waals surface area contributed by atoms with Gasteiger partial charge in [0, 0.05) is 22.2 Å². The minimum absolute atomic E-state index is 0.444. The van der Waals surface area contributed by atoms with Crippen LogP contribution in [0.2, 0.25) is 0 Å². The summed E-state index contributed by atoms with van der Waals surface area (Å²) >= 11 is 0. The zero-order chi connectivity index (χ0) is 37.7. The van der Waals surface area contributed by atoms with Crippen LogP contribution in [0.4, 0.5) is 0 Å². The SMILES string of the molecule is Cc1cc2ccccc2c(C(OC(=O)c2ccccc2)c2ccc(Oc3ccc(C(OC(=O)c4ccccc4)c4nc(C)cc5ccccc45)cc3)cc2)n1. The summed E-state index contributed by atoms with van der Waals surface area (Å²) in [7, 11) is 0. The first-order valence-corrected chi connectivity index (χ1v) is 18.0. The van der Waals surface area contributed by atoms with Crippen molar-refractivity contribution in [2.75, 3.05) is 0 Å². The molecule has 0 saturated heterocycles. The molecule has 7 nitrogen and oxygen atoms in total. The standard InChI is InChI=1S/C48H36N2O5/c1-31-29-37-17-9-11-19-41(37)43(49-31)45(54-47(51)35-13-5-3-6-14-35)33-21-25-39(26-22-33)53-40-27-23-34(24-28-40)46(55-48(52)36-15-7-4-8-16-36)44-42-20-12-10-18-38(42)30-32(2)50-44/h3-30,45-46H,1-2H3. The van der Waals surface area contributed by atoms with Crippen molar-refractivity contribution in [1.82, 2.24) is 9.97 Å². The second-order valence-electron chi connectivity index (χ2n) is 13.3. The smallest absolute Gasteiger partial charge is 0.339 e. The lowest BCUT2D eigenvalue weighted by atomic mass is 9.99. The zero-order valence-electron chi connectivity index (χ0n) is 30.3. The molecular formula is C48H36N2O5. The Morgan fingerprint density at radius 2 is 0.818 bits per heavy atom. The van der Waals surface area contributed by atoms with Gasteiger partial charge >= 0.3 is 11.9 Å². The average molecular weight is 721 g/mol. The third kappa shape index (κ3) is 7.68. The van der Waals surface area contributed by atoms with Gasteiger partial charge in [0.2, 0.25) is 0 Å². The molecule has 6 aromatic carbocycles. The van der Waals surface area contributed by atoms with Crippen molar-refractivity contribution >= 4 is 33.5 Å². The number of carbonyl (C=O) groups excluding carboxylic acids is 2. The largest absolute Gasteiger partial charge is 0.457 e. The molecule has 0 saturated carbocycles. The second kappa shape index (κ2) is 15.5. The highest BCUT2D eigenvalue weighted by molar-refractivity contribution is 5.91. The molecule has 2 aromatic heterocycles. The Morgan fingerprint density at radius 1 is 0.455 bits per heavy atom. The van der Waals surface area contributed by atoms with Crippen LogP contribution < -0.4 is 4.74 Å². The lowest BCUT2D eigenvalue weighted by Crippen LogP contribution is -2.15. The Hall–Kier alpha value is -7.12. The molecule has 8 aromatic rings. The number of pyridine rings is 2. The van der Waals surface area contributed by atoms with E-state index in [9.17, 15) is 9.59 Å². The van der Waals surface area contributed by atoms with Crippen LogP contribution in [-0.4, -0.2) is 21.9 Å². The summed E-state index contributed by atoms with van der Waals surface area (Å²) < 4.78 is 18.7. The average Bonchev–Trinajstić information content (AvgIpc) is 3.22. The van der Waals surface area contributed by atoms with E-state index in [1.54, 1.807) is 24.3 Å². The van der Waals surface area contributed by atoms with Crippen molar-refractivity contribution in [3.8, 4) is 11.5 Å². The fourth-order valence-corrected chi connectivity index (χ4v) is 6.75. The molecule has 2 heterocycles. The van der Waals surface area contributed by atoms with Crippen LogP contribution in [0.5, 0.6) is 11.5 Å². The van der Waals surface area contributed by atoms with E-state index in [0.717, 1.165) is 44.1 Å². The molecule has 0 radical (unpaired) electrons. The summed E-state index contributed by atoms with van der Waals surface area (Å²) in [5.74, 6) is 0.287. The van der Waals surface area contributed by atoms with Crippen LogP contribution in [0.15, 0.2) is 170 Å². The first kappa shape index (κ1) is 34.9. The number of esters is 2. The molecular weight excluding hydrogens is 685 g/mol. The van der Waals surface area contributed by atoms with E-state index in [0.29, 0.717) is 34.0 Å². The van der Waals surface area contributed by atoms with Gasteiger partial charge in [-0.05, 0) is 96.4 Å². The van der Waals surface area contributed by atoms with Gasteiger partial charge in [-0.1, -0.05) is 109 Å².